The van der Waals surface area contributed by atoms with Gasteiger partial charge in [0, 0.05) is 4.88 Å². The number of aromatic nitrogens is 1. The predicted octanol–water partition coefficient (Wildman–Crippen LogP) is 3.37. The molecule has 0 aromatic carbocycles. The van der Waals surface area contributed by atoms with Crippen molar-refractivity contribution in [2.75, 3.05) is 0 Å². The van der Waals surface area contributed by atoms with Crippen molar-refractivity contribution in [1.82, 2.24) is 4.98 Å². The Morgan fingerprint density at radius 3 is 2.56 bits per heavy atom. The van der Waals surface area contributed by atoms with Crippen LogP contribution >= 0.6 is 11.3 Å². The Balaban J connectivity index is 2.31. The van der Waals surface area contributed by atoms with Gasteiger partial charge in [-0.1, -0.05) is 13.8 Å². The van der Waals surface area contributed by atoms with Gasteiger partial charge in [-0.2, -0.15) is 0 Å². The van der Waals surface area contributed by atoms with Gasteiger partial charge in [0.05, 0.1) is 11.2 Å². The van der Waals surface area contributed by atoms with Crippen molar-refractivity contribution in [1.29, 1.82) is 0 Å². The molecule has 2 nitrogen and oxygen atoms in total. The molecule has 0 bridgehead atoms. The first-order chi connectivity index (χ1) is 7.43. The number of hydrogen-bond donors (Lipinski definition) is 1. The fraction of sp³-hybridized carbons (Fsp3) is 0.769. The van der Waals surface area contributed by atoms with Crippen molar-refractivity contribution >= 4 is 11.3 Å². The van der Waals surface area contributed by atoms with E-state index in [1.807, 2.05) is 0 Å². The van der Waals surface area contributed by atoms with Gasteiger partial charge in [0.2, 0.25) is 0 Å². The van der Waals surface area contributed by atoms with Crippen LogP contribution in [0.2, 0.25) is 0 Å². The molecule has 0 radical (unpaired) electrons. The van der Waals surface area contributed by atoms with Crippen molar-refractivity contribution in [3.8, 4) is 0 Å². The third-order valence-corrected chi connectivity index (χ3v) is 5.38. The molecule has 1 saturated carbocycles. The Hall–Kier alpha value is -0.410. The summed E-state index contributed by atoms with van der Waals surface area (Å²) in [7, 11) is 0. The highest BCUT2D eigenvalue weighted by atomic mass is 32.1. The van der Waals surface area contributed by atoms with E-state index in [0.29, 0.717) is 5.92 Å². The van der Waals surface area contributed by atoms with Gasteiger partial charge < -0.3 is 5.73 Å². The molecule has 0 saturated heterocycles. The van der Waals surface area contributed by atoms with Crippen LogP contribution in [-0.2, 0) is 5.54 Å². The molecular weight excluding hydrogens is 216 g/mol. The minimum absolute atomic E-state index is 0.170. The van der Waals surface area contributed by atoms with Gasteiger partial charge in [-0.3, -0.25) is 0 Å². The second-order valence-corrected chi connectivity index (χ2v) is 6.68. The van der Waals surface area contributed by atoms with Crippen LogP contribution in [-0.4, -0.2) is 4.98 Å². The lowest BCUT2D eigenvalue weighted by Gasteiger charge is -2.40. The van der Waals surface area contributed by atoms with Crippen LogP contribution in [0, 0.1) is 25.7 Å². The Kier molecular flexibility index (Phi) is 3.10. The van der Waals surface area contributed by atoms with Gasteiger partial charge in [0.1, 0.15) is 5.01 Å². The summed E-state index contributed by atoms with van der Waals surface area (Å²) in [5.41, 5.74) is 7.59. The number of hydrogen-bond acceptors (Lipinski definition) is 3. The maximum atomic E-state index is 6.62. The SMILES string of the molecule is Cc1nc(C2(N)CCC(C)CC2C)sc1C. The zero-order valence-corrected chi connectivity index (χ0v) is 11.5. The lowest BCUT2D eigenvalue weighted by Crippen LogP contribution is -2.46. The molecule has 0 aliphatic heterocycles. The number of nitrogens with two attached hydrogens (primary N) is 1. The Bertz CT molecular complexity index is 366. The van der Waals surface area contributed by atoms with Gasteiger partial charge in [-0.25, -0.2) is 4.98 Å². The molecule has 1 aliphatic rings. The van der Waals surface area contributed by atoms with Crippen LogP contribution in [0.5, 0.6) is 0 Å². The highest BCUT2D eigenvalue weighted by molar-refractivity contribution is 7.11. The number of rotatable bonds is 1. The van der Waals surface area contributed by atoms with Crippen molar-refractivity contribution < 1.29 is 0 Å². The van der Waals surface area contributed by atoms with E-state index in [9.17, 15) is 0 Å². The van der Waals surface area contributed by atoms with Crippen LogP contribution in [0.15, 0.2) is 0 Å². The summed E-state index contributed by atoms with van der Waals surface area (Å²) in [4.78, 5) is 5.99. The fourth-order valence-corrected chi connectivity index (χ4v) is 3.81. The minimum atomic E-state index is -0.170. The number of nitrogens with zero attached hydrogens (tertiary/aromatic N) is 1. The summed E-state index contributed by atoms with van der Waals surface area (Å²) in [6.07, 6.45) is 3.55. The van der Waals surface area contributed by atoms with Gasteiger partial charge in [0.25, 0.3) is 0 Å². The van der Waals surface area contributed by atoms with Crippen LogP contribution in [0.25, 0.3) is 0 Å². The van der Waals surface area contributed by atoms with Crippen molar-refractivity contribution in [2.45, 2.75) is 52.5 Å². The molecule has 3 heteroatoms. The molecule has 3 atom stereocenters. The molecule has 0 spiro atoms. The molecule has 1 fully saturated rings. The molecule has 2 rings (SSSR count). The first-order valence-electron chi connectivity index (χ1n) is 6.17. The van der Waals surface area contributed by atoms with E-state index in [1.54, 1.807) is 11.3 Å². The van der Waals surface area contributed by atoms with E-state index < -0.39 is 0 Å². The maximum absolute atomic E-state index is 6.62. The molecule has 3 unspecified atom stereocenters. The summed E-state index contributed by atoms with van der Waals surface area (Å²) in [5.74, 6) is 1.36. The van der Waals surface area contributed by atoms with Gasteiger partial charge in [-0.15, -0.1) is 11.3 Å². The summed E-state index contributed by atoms with van der Waals surface area (Å²) < 4.78 is 0. The van der Waals surface area contributed by atoms with E-state index in [2.05, 4.69) is 32.7 Å². The molecule has 1 heterocycles. The third kappa shape index (κ3) is 1.91. The normalized spacial score (nSPS) is 35.3. The number of thiazole rings is 1. The summed E-state index contributed by atoms with van der Waals surface area (Å²) in [6, 6.07) is 0. The molecule has 1 aromatic heterocycles. The van der Waals surface area contributed by atoms with Crippen LogP contribution in [0.3, 0.4) is 0 Å². The zero-order valence-electron chi connectivity index (χ0n) is 10.7. The lowest BCUT2D eigenvalue weighted by molar-refractivity contribution is 0.164. The predicted molar refractivity (Wildman–Crippen MR) is 69.6 cm³/mol. The lowest BCUT2D eigenvalue weighted by atomic mass is 9.71. The van der Waals surface area contributed by atoms with E-state index in [4.69, 9.17) is 5.73 Å². The second-order valence-electron chi connectivity index (χ2n) is 5.48. The summed E-state index contributed by atoms with van der Waals surface area (Å²) in [6.45, 7) is 8.82. The molecule has 2 N–H and O–H groups in total. The highest BCUT2D eigenvalue weighted by Gasteiger charge is 2.40. The smallest absolute Gasteiger partial charge is 0.113 e. The number of aryl methyl sites for hydroxylation is 2. The molecule has 1 aromatic rings. The topological polar surface area (TPSA) is 38.9 Å². The molecule has 90 valence electrons. The molecular formula is C13H22N2S. The van der Waals surface area contributed by atoms with Crippen molar-refractivity contribution in [3.63, 3.8) is 0 Å². The van der Waals surface area contributed by atoms with Crippen LogP contribution in [0.4, 0.5) is 0 Å². The summed E-state index contributed by atoms with van der Waals surface area (Å²) in [5, 5.41) is 1.15. The summed E-state index contributed by atoms with van der Waals surface area (Å²) >= 11 is 1.79. The molecule has 1 aliphatic carbocycles. The third-order valence-electron chi connectivity index (χ3n) is 4.11. The second kappa shape index (κ2) is 4.11. The van der Waals surface area contributed by atoms with E-state index >= 15 is 0 Å². The molecule has 16 heavy (non-hydrogen) atoms. The van der Waals surface area contributed by atoms with E-state index in [-0.39, 0.29) is 5.54 Å². The quantitative estimate of drug-likeness (QED) is 0.814. The minimum Gasteiger partial charge on any atom is -0.319 e. The fourth-order valence-electron chi connectivity index (χ4n) is 2.65. The van der Waals surface area contributed by atoms with Crippen LogP contribution in [0.1, 0.15) is 48.7 Å². The first-order valence-corrected chi connectivity index (χ1v) is 6.98. The van der Waals surface area contributed by atoms with Crippen LogP contribution < -0.4 is 5.73 Å². The zero-order chi connectivity index (χ0) is 11.9. The first kappa shape index (κ1) is 12.1. The Morgan fingerprint density at radius 2 is 2.06 bits per heavy atom. The van der Waals surface area contributed by atoms with Crippen molar-refractivity contribution in [2.24, 2.45) is 17.6 Å². The average molecular weight is 238 g/mol. The average Bonchev–Trinajstić information content (AvgIpc) is 2.54. The van der Waals surface area contributed by atoms with E-state index in [0.717, 1.165) is 23.0 Å². The van der Waals surface area contributed by atoms with Gasteiger partial charge in [-0.05, 0) is 44.9 Å². The monoisotopic (exact) mass is 238 g/mol. The Morgan fingerprint density at radius 1 is 1.38 bits per heavy atom. The largest absolute Gasteiger partial charge is 0.319 e. The molecule has 0 amide bonds. The van der Waals surface area contributed by atoms with E-state index in [1.165, 1.54) is 17.7 Å². The standard InChI is InChI=1S/C13H22N2S/c1-8-5-6-13(14,9(2)7-8)12-15-10(3)11(4)16-12/h8-9H,5-7,14H2,1-4H3. The Labute approximate surface area is 102 Å². The van der Waals surface area contributed by atoms with Crippen molar-refractivity contribution in [3.05, 3.63) is 15.6 Å². The highest BCUT2D eigenvalue weighted by Crippen LogP contribution is 2.43. The maximum Gasteiger partial charge on any atom is 0.113 e. The van der Waals surface area contributed by atoms with Gasteiger partial charge in [0.15, 0.2) is 0 Å². The van der Waals surface area contributed by atoms with Gasteiger partial charge >= 0.3 is 0 Å².